The van der Waals surface area contributed by atoms with Gasteiger partial charge in [-0.05, 0) is 107 Å². The molecule has 5 heterocycles. The van der Waals surface area contributed by atoms with E-state index in [1.54, 1.807) is 60.7 Å². The smallest absolute Gasteiger partial charge is 0.294 e. The third-order valence-corrected chi connectivity index (χ3v) is 17.4. The van der Waals surface area contributed by atoms with Gasteiger partial charge in [0.25, 0.3) is 23.2 Å². The lowest BCUT2D eigenvalue weighted by Gasteiger charge is -2.16. The van der Waals surface area contributed by atoms with E-state index in [0.29, 0.717) is 66.5 Å². The van der Waals surface area contributed by atoms with Crippen molar-refractivity contribution >= 4 is 121 Å². The van der Waals surface area contributed by atoms with Gasteiger partial charge in [0.05, 0.1) is 55.0 Å². The van der Waals surface area contributed by atoms with Gasteiger partial charge in [-0.2, -0.15) is 0 Å². The summed E-state index contributed by atoms with van der Waals surface area (Å²) in [5, 5.41) is 45.1. The fourth-order valence-electron chi connectivity index (χ4n) is 10.2. The molecule has 0 fully saturated rings. The van der Waals surface area contributed by atoms with E-state index in [-0.39, 0.29) is 81.4 Å². The first-order valence-corrected chi connectivity index (χ1v) is 27.6. The number of fused-ring (bicyclic) bond motifs is 8. The zero-order valence-corrected chi connectivity index (χ0v) is 42.9. The molecule has 0 bridgehead atoms. The number of carbonyl (C=O) groups excluding carboxylic acids is 2. The number of aliphatic hydroxyl groups is 2. The van der Waals surface area contributed by atoms with Crippen LogP contribution in [0.25, 0.3) is 66.1 Å². The van der Waals surface area contributed by atoms with Crippen LogP contribution in [-0.4, -0.2) is 99.9 Å². The Hall–Kier alpha value is -7.74. The highest BCUT2D eigenvalue weighted by molar-refractivity contribution is 7.89. The molecule has 0 aliphatic carbocycles. The second-order valence-corrected chi connectivity index (χ2v) is 22.4. The number of hydrogen-bond acceptors (Lipinski definition) is 15. The van der Waals surface area contributed by atoms with Crippen molar-refractivity contribution in [2.24, 2.45) is 0 Å². The molecular weight excluding hydrogens is 1080 g/mol. The van der Waals surface area contributed by atoms with Crippen LogP contribution in [0.5, 0.6) is 0 Å². The average Bonchev–Trinajstić information content (AvgIpc) is 4.44. The van der Waals surface area contributed by atoms with Gasteiger partial charge in [0.1, 0.15) is 22.7 Å². The standard InChI is InChI=1S/C52H40Cl2N6O15S2/c53-23-31-25-57(41-21-39(59(65)66)37-19-33(3-5-35(37)49(31)41)76(69,70)55-11-13-61)51(63)47-17-29-15-27(1-7-45(29)74-47)43-9-10-44(73-43)28-2-8-46-30(16-28)18-48(75-46)52(64)58-26-32(24-54)50-36-6-4-34(77(71,72)56-12-14-62)20-38(36)40(60(67)68)22-42(50)58/h1-10,15-22,31-32,55-56,61-62H,11-14,23-26H2. The SMILES string of the molecule is O=C(c1cc2cc(-c3ccc(-c4ccc5oc(C(=O)N6CC(CCl)c7c6cc([N+](=O)[O-])c6cc(S(=O)(=O)NCCO)ccc76)cc5c4)o3)ccc2o1)N1CC(CCl)c2c1cc([N+](=O)[O-])c1cc(S(=O)(=O)NCCO)ccc21. The van der Waals surface area contributed by atoms with Crippen molar-refractivity contribution in [2.75, 3.05) is 61.0 Å². The molecule has 0 saturated carbocycles. The van der Waals surface area contributed by atoms with Crippen LogP contribution in [0.3, 0.4) is 0 Å². The maximum absolute atomic E-state index is 14.3. The predicted octanol–water partition coefficient (Wildman–Crippen LogP) is 8.74. The van der Waals surface area contributed by atoms with Crippen molar-refractivity contribution < 1.29 is 59.7 Å². The second-order valence-electron chi connectivity index (χ2n) is 18.3. The third kappa shape index (κ3) is 8.92. The van der Waals surface area contributed by atoms with Crippen molar-refractivity contribution in [3.63, 3.8) is 0 Å². The predicted molar refractivity (Wildman–Crippen MR) is 285 cm³/mol. The van der Waals surface area contributed by atoms with Crippen molar-refractivity contribution in [3.8, 4) is 22.6 Å². The third-order valence-electron chi connectivity index (χ3n) is 13.7. The number of furan rings is 3. The van der Waals surface area contributed by atoms with E-state index < -0.39 is 78.1 Å². The molecule has 0 saturated heterocycles. The summed E-state index contributed by atoms with van der Waals surface area (Å²) in [6, 6.07) is 27.4. The highest BCUT2D eigenvalue weighted by Gasteiger charge is 2.40. The van der Waals surface area contributed by atoms with Gasteiger partial charge in [-0.1, -0.05) is 12.1 Å². The molecule has 4 N–H and O–H groups in total. The highest BCUT2D eigenvalue weighted by atomic mass is 35.5. The number of benzene rings is 6. The van der Waals surface area contributed by atoms with Crippen LogP contribution in [-0.2, 0) is 20.0 Å². The van der Waals surface area contributed by atoms with Crippen LogP contribution >= 0.6 is 23.2 Å². The molecule has 11 rings (SSSR count). The molecule has 2 amide bonds. The molecule has 2 atom stereocenters. The zero-order chi connectivity index (χ0) is 54.2. The summed E-state index contributed by atoms with van der Waals surface area (Å²) in [5.74, 6) is -1.19. The van der Waals surface area contributed by atoms with Crippen LogP contribution in [0.4, 0.5) is 22.7 Å². The minimum absolute atomic E-state index is 0.0378. The Morgan fingerprint density at radius 2 is 0.987 bits per heavy atom. The summed E-state index contributed by atoms with van der Waals surface area (Å²) in [6.45, 7) is -1.29. The van der Waals surface area contributed by atoms with Crippen molar-refractivity contribution in [2.45, 2.75) is 21.6 Å². The first-order chi connectivity index (χ1) is 36.9. The monoisotopic (exact) mass is 1120 g/mol. The summed E-state index contributed by atoms with van der Waals surface area (Å²) in [5.41, 5.74) is 2.72. The summed E-state index contributed by atoms with van der Waals surface area (Å²) < 4.78 is 74.4. The molecule has 0 radical (unpaired) electrons. The average molecular weight is 1120 g/mol. The van der Waals surface area contributed by atoms with Gasteiger partial charge in [-0.25, -0.2) is 26.3 Å². The van der Waals surface area contributed by atoms with E-state index in [9.17, 15) is 46.7 Å². The maximum Gasteiger partial charge on any atom is 0.294 e. The number of rotatable bonds is 16. The number of nitro groups is 2. The number of non-ortho nitro benzene ring substituents is 2. The van der Waals surface area contributed by atoms with Gasteiger partial charge in [-0.15, -0.1) is 23.2 Å². The summed E-state index contributed by atoms with van der Waals surface area (Å²) in [4.78, 5) is 54.4. The molecule has 77 heavy (non-hydrogen) atoms. The minimum Gasteiger partial charge on any atom is -0.456 e. The Morgan fingerprint density at radius 3 is 1.36 bits per heavy atom. The van der Waals surface area contributed by atoms with Crippen molar-refractivity contribution in [1.82, 2.24) is 9.44 Å². The fourth-order valence-corrected chi connectivity index (χ4v) is 12.8. The first-order valence-electron chi connectivity index (χ1n) is 23.6. The minimum atomic E-state index is -4.11. The van der Waals surface area contributed by atoms with Crippen LogP contribution < -0.4 is 19.2 Å². The van der Waals surface area contributed by atoms with Crippen LogP contribution in [0, 0.1) is 20.2 Å². The largest absolute Gasteiger partial charge is 0.456 e. The number of alkyl halides is 2. The van der Waals surface area contributed by atoms with E-state index in [1.807, 2.05) is 0 Å². The Balaban J connectivity index is 0.847. The number of amides is 2. The number of aliphatic hydroxyl groups excluding tert-OH is 2. The van der Waals surface area contributed by atoms with Gasteiger partial charge in [0, 0.05) is 83.8 Å². The maximum atomic E-state index is 14.3. The number of nitrogens with one attached hydrogen (secondary N) is 2. The molecule has 394 valence electrons. The summed E-state index contributed by atoms with van der Waals surface area (Å²) in [6.07, 6.45) is 0. The number of nitro benzene ring substituents is 2. The fraction of sp³-hybridized carbons (Fsp3) is 0.192. The lowest BCUT2D eigenvalue weighted by atomic mass is 9.95. The van der Waals surface area contributed by atoms with Gasteiger partial charge in [0.2, 0.25) is 20.0 Å². The summed E-state index contributed by atoms with van der Waals surface area (Å²) >= 11 is 12.9. The van der Waals surface area contributed by atoms with Gasteiger partial charge in [0.15, 0.2) is 11.5 Å². The molecule has 21 nitrogen and oxygen atoms in total. The molecule has 2 aliphatic rings. The Labute approximate surface area is 445 Å². The molecule has 2 unspecified atom stereocenters. The van der Waals surface area contributed by atoms with Gasteiger partial charge in [-0.3, -0.25) is 29.8 Å². The first kappa shape index (κ1) is 51.4. The number of anilines is 2. The number of sulfonamides is 2. The molecule has 3 aromatic heterocycles. The molecular formula is C52H40Cl2N6O15S2. The Bertz CT molecular complexity index is 3950. The molecule has 25 heteroatoms. The van der Waals surface area contributed by atoms with Gasteiger partial charge < -0.3 is 33.3 Å². The number of halogens is 2. The van der Waals surface area contributed by atoms with E-state index in [4.69, 9.17) is 46.7 Å². The van der Waals surface area contributed by atoms with Crippen molar-refractivity contribution in [3.05, 3.63) is 152 Å². The normalized spacial score (nSPS) is 15.5. The number of nitrogens with zero attached hydrogens (tertiary/aromatic N) is 4. The lowest BCUT2D eigenvalue weighted by molar-refractivity contribution is -0.383. The summed E-state index contributed by atoms with van der Waals surface area (Å²) in [7, 11) is -8.22. The second kappa shape index (κ2) is 19.7. The molecule has 9 aromatic rings. The van der Waals surface area contributed by atoms with E-state index in [2.05, 4.69) is 9.44 Å². The van der Waals surface area contributed by atoms with Gasteiger partial charge >= 0.3 is 0 Å². The van der Waals surface area contributed by atoms with Crippen LogP contribution in [0.15, 0.2) is 132 Å². The molecule has 2 aliphatic heterocycles. The van der Waals surface area contributed by atoms with Crippen molar-refractivity contribution in [1.29, 1.82) is 0 Å². The lowest BCUT2D eigenvalue weighted by Crippen LogP contribution is -2.29. The highest BCUT2D eigenvalue weighted by Crippen LogP contribution is 2.49. The van der Waals surface area contributed by atoms with E-state index in [0.717, 1.165) is 0 Å². The molecule has 0 spiro atoms. The Morgan fingerprint density at radius 1 is 0.571 bits per heavy atom. The topological polar surface area (TPSA) is 299 Å². The number of carbonyl (C=O) groups is 2. The van der Waals surface area contributed by atoms with E-state index in [1.165, 1.54) is 58.3 Å². The quantitative estimate of drug-likeness (QED) is 0.0399. The number of hydrogen-bond donors (Lipinski definition) is 4. The molecule has 6 aromatic carbocycles. The Kier molecular flexibility index (Phi) is 13.1. The van der Waals surface area contributed by atoms with Crippen LogP contribution in [0.1, 0.15) is 44.1 Å². The zero-order valence-electron chi connectivity index (χ0n) is 39.8. The van der Waals surface area contributed by atoms with Crippen LogP contribution in [0.2, 0.25) is 0 Å². The van der Waals surface area contributed by atoms with E-state index >= 15 is 0 Å².